The molecule has 0 aliphatic heterocycles. The van der Waals surface area contributed by atoms with Gasteiger partial charge in [-0.05, 0) is 18.7 Å². The Balaban J connectivity index is 2.32. The van der Waals surface area contributed by atoms with Crippen LogP contribution in [0.25, 0.3) is 0 Å². The number of aliphatic hydroxyl groups is 1. The molecular weight excluding hydrogens is 214 g/mol. The standard InChI is InChI=1S/C13H17N3O/c1-14-13(11-17,10-16-9-5-8-15-16)12-6-3-2-4-7-12/h2-9,14,17H,10-11H2,1H3. The monoisotopic (exact) mass is 231 g/mol. The van der Waals surface area contributed by atoms with E-state index in [0.29, 0.717) is 6.54 Å². The van der Waals surface area contributed by atoms with E-state index < -0.39 is 5.54 Å². The summed E-state index contributed by atoms with van der Waals surface area (Å²) >= 11 is 0. The number of hydrogen-bond donors (Lipinski definition) is 2. The van der Waals surface area contributed by atoms with Crippen molar-refractivity contribution < 1.29 is 5.11 Å². The largest absolute Gasteiger partial charge is 0.394 e. The zero-order valence-electron chi connectivity index (χ0n) is 9.87. The van der Waals surface area contributed by atoms with Crippen LogP contribution in [0.3, 0.4) is 0 Å². The molecule has 90 valence electrons. The van der Waals surface area contributed by atoms with Crippen molar-refractivity contribution >= 4 is 0 Å². The summed E-state index contributed by atoms with van der Waals surface area (Å²) in [5.41, 5.74) is 0.563. The first-order chi connectivity index (χ1) is 8.30. The number of benzene rings is 1. The van der Waals surface area contributed by atoms with E-state index in [4.69, 9.17) is 0 Å². The molecule has 0 saturated carbocycles. The number of likely N-dealkylation sites (N-methyl/N-ethyl adjacent to an activating group) is 1. The van der Waals surface area contributed by atoms with E-state index in [0.717, 1.165) is 5.56 Å². The molecule has 0 aliphatic rings. The van der Waals surface area contributed by atoms with E-state index in [9.17, 15) is 5.11 Å². The van der Waals surface area contributed by atoms with Gasteiger partial charge in [0.1, 0.15) is 0 Å². The van der Waals surface area contributed by atoms with Crippen molar-refractivity contribution in [2.45, 2.75) is 12.1 Å². The lowest BCUT2D eigenvalue weighted by Crippen LogP contribution is -2.47. The van der Waals surface area contributed by atoms with Gasteiger partial charge in [0.2, 0.25) is 0 Å². The molecule has 0 saturated heterocycles. The smallest absolute Gasteiger partial charge is 0.0865 e. The topological polar surface area (TPSA) is 50.1 Å². The third-order valence-electron chi connectivity index (χ3n) is 3.07. The summed E-state index contributed by atoms with van der Waals surface area (Å²) in [6.07, 6.45) is 3.63. The molecule has 4 nitrogen and oxygen atoms in total. The number of nitrogens with zero attached hydrogens (tertiary/aromatic N) is 2. The molecule has 0 radical (unpaired) electrons. The van der Waals surface area contributed by atoms with E-state index in [1.54, 1.807) is 6.20 Å². The molecule has 2 aromatic rings. The number of aromatic nitrogens is 2. The summed E-state index contributed by atoms with van der Waals surface area (Å²) < 4.78 is 1.82. The van der Waals surface area contributed by atoms with Crippen LogP contribution in [-0.2, 0) is 12.1 Å². The first-order valence-corrected chi connectivity index (χ1v) is 5.63. The first-order valence-electron chi connectivity index (χ1n) is 5.63. The van der Waals surface area contributed by atoms with E-state index in [2.05, 4.69) is 10.4 Å². The molecule has 0 amide bonds. The van der Waals surface area contributed by atoms with Crippen LogP contribution in [0.4, 0.5) is 0 Å². The van der Waals surface area contributed by atoms with Gasteiger partial charge in [-0.25, -0.2) is 0 Å². The SMILES string of the molecule is CNC(CO)(Cn1cccn1)c1ccccc1. The average molecular weight is 231 g/mol. The minimum absolute atomic E-state index is 0.0212. The van der Waals surface area contributed by atoms with Gasteiger partial charge in [0.25, 0.3) is 0 Å². The second-order valence-corrected chi connectivity index (χ2v) is 4.06. The Labute approximate surface area is 101 Å². The van der Waals surface area contributed by atoms with Crippen LogP contribution in [0.1, 0.15) is 5.56 Å². The molecule has 1 unspecified atom stereocenters. The zero-order valence-corrected chi connectivity index (χ0v) is 9.87. The second kappa shape index (κ2) is 5.12. The molecule has 2 rings (SSSR count). The van der Waals surface area contributed by atoms with Crippen LogP contribution >= 0.6 is 0 Å². The summed E-state index contributed by atoms with van der Waals surface area (Å²) in [5.74, 6) is 0. The normalized spacial score (nSPS) is 14.5. The maximum atomic E-state index is 9.73. The van der Waals surface area contributed by atoms with Crippen LogP contribution in [0, 0.1) is 0 Å². The summed E-state index contributed by atoms with van der Waals surface area (Å²) in [5, 5.41) is 17.1. The van der Waals surface area contributed by atoms with Crippen molar-refractivity contribution in [3.8, 4) is 0 Å². The lowest BCUT2D eigenvalue weighted by molar-refractivity contribution is 0.146. The van der Waals surface area contributed by atoms with Crippen molar-refractivity contribution in [3.05, 3.63) is 54.4 Å². The Hall–Kier alpha value is -1.65. The fourth-order valence-electron chi connectivity index (χ4n) is 1.96. The average Bonchev–Trinajstić information content (AvgIpc) is 2.90. The fourth-order valence-corrected chi connectivity index (χ4v) is 1.96. The van der Waals surface area contributed by atoms with Gasteiger partial charge in [0.15, 0.2) is 0 Å². The van der Waals surface area contributed by atoms with Gasteiger partial charge in [0.05, 0.1) is 18.7 Å². The number of rotatable bonds is 5. The molecule has 1 heterocycles. The molecule has 0 fully saturated rings. The van der Waals surface area contributed by atoms with Gasteiger partial charge < -0.3 is 10.4 Å². The van der Waals surface area contributed by atoms with Crippen LogP contribution in [0.15, 0.2) is 48.8 Å². The molecule has 17 heavy (non-hydrogen) atoms. The maximum absolute atomic E-state index is 9.73. The van der Waals surface area contributed by atoms with Crippen LogP contribution in [0.2, 0.25) is 0 Å². The van der Waals surface area contributed by atoms with Crippen molar-refractivity contribution in [1.82, 2.24) is 15.1 Å². The molecule has 0 spiro atoms. The Kier molecular flexibility index (Phi) is 3.56. The first kappa shape index (κ1) is 11.8. The van der Waals surface area contributed by atoms with Crippen LogP contribution < -0.4 is 5.32 Å². The number of aliphatic hydroxyl groups excluding tert-OH is 1. The fraction of sp³-hybridized carbons (Fsp3) is 0.308. The van der Waals surface area contributed by atoms with E-state index in [1.807, 2.05) is 54.3 Å². The van der Waals surface area contributed by atoms with Gasteiger partial charge in [-0.15, -0.1) is 0 Å². The van der Waals surface area contributed by atoms with E-state index in [-0.39, 0.29) is 6.61 Å². The summed E-state index contributed by atoms with van der Waals surface area (Å²) in [4.78, 5) is 0. The Morgan fingerprint density at radius 2 is 2.06 bits per heavy atom. The predicted molar refractivity (Wildman–Crippen MR) is 66.5 cm³/mol. The van der Waals surface area contributed by atoms with Crippen molar-refractivity contribution in [1.29, 1.82) is 0 Å². The minimum Gasteiger partial charge on any atom is -0.394 e. The summed E-state index contributed by atoms with van der Waals surface area (Å²) in [6.45, 7) is 0.615. The summed E-state index contributed by atoms with van der Waals surface area (Å²) in [6, 6.07) is 11.8. The molecule has 1 aromatic heterocycles. The van der Waals surface area contributed by atoms with Crippen LogP contribution in [0.5, 0.6) is 0 Å². The van der Waals surface area contributed by atoms with Gasteiger partial charge in [0, 0.05) is 12.4 Å². The Morgan fingerprint density at radius 3 is 2.59 bits per heavy atom. The number of hydrogen-bond acceptors (Lipinski definition) is 3. The molecule has 4 heteroatoms. The molecular formula is C13H17N3O. The predicted octanol–water partition coefficient (Wildman–Crippen LogP) is 0.990. The van der Waals surface area contributed by atoms with E-state index >= 15 is 0 Å². The quantitative estimate of drug-likeness (QED) is 0.807. The lowest BCUT2D eigenvalue weighted by Gasteiger charge is -2.32. The Morgan fingerprint density at radius 1 is 1.29 bits per heavy atom. The van der Waals surface area contributed by atoms with Crippen LogP contribution in [-0.4, -0.2) is 28.5 Å². The Bertz CT molecular complexity index is 435. The van der Waals surface area contributed by atoms with Gasteiger partial charge in [-0.1, -0.05) is 30.3 Å². The lowest BCUT2D eigenvalue weighted by atomic mass is 9.91. The van der Waals surface area contributed by atoms with Gasteiger partial charge in [-0.2, -0.15) is 5.10 Å². The third-order valence-corrected chi connectivity index (χ3v) is 3.07. The highest BCUT2D eigenvalue weighted by molar-refractivity contribution is 5.24. The molecule has 0 bridgehead atoms. The molecule has 1 aromatic carbocycles. The molecule has 2 N–H and O–H groups in total. The van der Waals surface area contributed by atoms with Gasteiger partial charge >= 0.3 is 0 Å². The highest BCUT2D eigenvalue weighted by Gasteiger charge is 2.30. The summed E-state index contributed by atoms with van der Waals surface area (Å²) in [7, 11) is 1.85. The number of nitrogens with one attached hydrogen (secondary N) is 1. The second-order valence-electron chi connectivity index (χ2n) is 4.06. The molecule has 1 atom stereocenters. The highest BCUT2D eigenvalue weighted by Crippen LogP contribution is 2.22. The van der Waals surface area contributed by atoms with Crippen molar-refractivity contribution in [2.24, 2.45) is 0 Å². The maximum Gasteiger partial charge on any atom is 0.0865 e. The van der Waals surface area contributed by atoms with E-state index in [1.165, 1.54) is 0 Å². The van der Waals surface area contributed by atoms with Gasteiger partial charge in [-0.3, -0.25) is 4.68 Å². The highest BCUT2D eigenvalue weighted by atomic mass is 16.3. The van der Waals surface area contributed by atoms with Crippen molar-refractivity contribution in [2.75, 3.05) is 13.7 Å². The molecule has 0 aliphatic carbocycles. The third kappa shape index (κ3) is 2.38. The minimum atomic E-state index is -0.493. The zero-order chi connectivity index (χ0) is 12.1. The van der Waals surface area contributed by atoms with Crippen molar-refractivity contribution in [3.63, 3.8) is 0 Å².